The number of nitrogens with zero attached hydrogens (tertiary/aromatic N) is 8. The van der Waals surface area contributed by atoms with Crippen LogP contribution in [0.25, 0.3) is 209 Å². The number of aromatic nitrogens is 8. The van der Waals surface area contributed by atoms with E-state index < -0.39 is 0 Å². The van der Waals surface area contributed by atoms with Gasteiger partial charge in [0.2, 0.25) is 0 Å². The summed E-state index contributed by atoms with van der Waals surface area (Å²) in [5.41, 5.74) is 18.6. The van der Waals surface area contributed by atoms with Crippen molar-refractivity contribution in [2.24, 2.45) is 0 Å². The molecule has 0 saturated heterocycles. The van der Waals surface area contributed by atoms with Crippen LogP contribution in [0.4, 0.5) is 0 Å². The van der Waals surface area contributed by atoms with Gasteiger partial charge < -0.3 is 9.13 Å². The highest BCUT2D eigenvalue weighted by Crippen LogP contribution is 2.47. The van der Waals surface area contributed by atoms with Gasteiger partial charge in [-0.1, -0.05) is 249 Å². The molecule has 6 aromatic heterocycles. The van der Waals surface area contributed by atoms with Crippen molar-refractivity contribution in [1.29, 1.82) is 0 Å². The van der Waals surface area contributed by atoms with E-state index in [9.17, 15) is 0 Å². The van der Waals surface area contributed by atoms with Gasteiger partial charge in [0.15, 0.2) is 11.6 Å². The van der Waals surface area contributed by atoms with E-state index >= 15 is 0 Å². The highest BCUT2D eigenvalue weighted by Gasteiger charge is 2.27. The molecule has 0 aliphatic rings. The van der Waals surface area contributed by atoms with Crippen LogP contribution in [0.1, 0.15) is 0 Å². The summed E-state index contributed by atoms with van der Waals surface area (Å²) in [5.74, 6) is 1.63. The first-order chi connectivity index (χ1) is 51.6. The normalized spacial score (nSPS) is 12.0. The van der Waals surface area contributed by atoms with Crippen LogP contribution in [0.5, 0.6) is 0 Å². The van der Waals surface area contributed by atoms with E-state index in [1.165, 1.54) is 119 Å². The first-order valence-electron chi connectivity index (χ1n) is 35.4. The van der Waals surface area contributed by atoms with E-state index in [0.29, 0.717) is 0 Å². The third-order valence-corrected chi connectivity index (χ3v) is 21.5. The van der Waals surface area contributed by atoms with Crippen LogP contribution in [0.3, 0.4) is 0 Å². The highest BCUT2D eigenvalue weighted by molar-refractivity contribution is 6.26. The van der Waals surface area contributed by atoms with E-state index in [1.807, 2.05) is 36.4 Å². The molecule has 0 aliphatic carbocycles. The molecule has 17 aromatic carbocycles. The number of benzene rings is 17. The molecule has 0 aliphatic heterocycles. The van der Waals surface area contributed by atoms with Crippen molar-refractivity contribution in [2.45, 2.75) is 0 Å². The lowest BCUT2D eigenvalue weighted by Crippen LogP contribution is -2.04. The van der Waals surface area contributed by atoms with Crippen molar-refractivity contribution in [3.8, 4) is 45.5 Å². The van der Waals surface area contributed by atoms with Crippen LogP contribution >= 0.6 is 0 Å². The summed E-state index contributed by atoms with van der Waals surface area (Å²) in [7, 11) is 0. The molecule has 0 atom stereocenters. The summed E-state index contributed by atoms with van der Waals surface area (Å²) in [6.45, 7) is 0. The van der Waals surface area contributed by atoms with Gasteiger partial charge in [0.1, 0.15) is 11.4 Å². The molecular weight excluding hydrogens is 1270 g/mol. The van der Waals surface area contributed by atoms with Gasteiger partial charge in [-0.25, -0.2) is 19.9 Å². The van der Waals surface area contributed by atoms with Crippen LogP contribution in [-0.4, -0.2) is 38.2 Å². The Kier molecular flexibility index (Phi) is 12.6. The van der Waals surface area contributed by atoms with Gasteiger partial charge in [-0.15, -0.1) is 0 Å². The maximum absolute atomic E-state index is 5.47. The zero-order valence-electron chi connectivity index (χ0n) is 56.1. The Balaban J connectivity index is 0.000000131. The highest BCUT2D eigenvalue weighted by atomic mass is 15.1. The van der Waals surface area contributed by atoms with Crippen LogP contribution in [-0.2, 0) is 0 Å². The Bertz CT molecular complexity index is 7560. The predicted octanol–water partition coefficient (Wildman–Crippen LogP) is 24.7. The average Bonchev–Trinajstić information content (AvgIpc) is 1.60. The minimum Gasteiger partial charge on any atom is -0.309 e. The maximum Gasteiger partial charge on any atom is 0.165 e. The molecule has 23 aromatic rings. The SMILES string of the molecule is c1ccc(-c2nc3ccccc3nc2-n2c3cc4ccccc4cc3c3c(-n4c5ccccc5c5c6ccccc6ccc54)cccc32)cc1.c1ccc2cc(-c3nc4ccccc4nc3-n3c4cc5ccccc5cc4c4c(-n5c6ccccc6c6c7ccccc7ccc65)cccc43)ccc2c1. The molecule has 0 N–H and O–H groups in total. The Morgan fingerprint density at radius 2 is 0.519 bits per heavy atom. The summed E-state index contributed by atoms with van der Waals surface area (Å²) < 4.78 is 9.62. The van der Waals surface area contributed by atoms with E-state index in [2.05, 4.69) is 334 Å². The molecule has 104 heavy (non-hydrogen) atoms. The van der Waals surface area contributed by atoms with E-state index in [0.717, 1.165) is 89.7 Å². The molecule has 482 valence electrons. The Morgan fingerprint density at radius 3 is 1.00 bits per heavy atom. The van der Waals surface area contributed by atoms with E-state index in [-0.39, 0.29) is 0 Å². The van der Waals surface area contributed by atoms with Gasteiger partial charge in [-0.3, -0.25) is 9.13 Å². The second-order valence-electron chi connectivity index (χ2n) is 27.2. The third kappa shape index (κ3) is 8.72. The topological polar surface area (TPSA) is 71.3 Å². The van der Waals surface area contributed by atoms with Crippen molar-refractivity contribution >= 4 is 163 Å². The second kappa shape index (κ2) is 22.7. The number of hydrogen-bond acceptors (Lipinski definition) is 4. The lowest BCUT2D eigenvalue weighted by molar-refractivity contribution is 1.08. The maximum atomic E-state index is 5.47. The molecular formula is C96H58N8. The lowest BCUT2D eigenvalue weighted by Gasteiger charge is -2.15. The number of para-hydroxylation sites is 6. The lowest BCUT2D eigenvalue weighted by atomic mass is 10.0. The van der Waals surface area contributed by atoms with Crippen molar-refractivity contribution < 1.29 is 0 Å². The molecule has 6 heterocycles. The van der Waals surface area contributed by atoms with Crippen molar-refractivity contribution in [3.63, 3.8) is 0 Å². The van der Waals surface area contributed by atoms with Gasteiger partial charge in [0, 0.05) is 54.2 Å². The quantitative estimate of drug-likeness (QED) is 0.166. The van der Waals surface area contributed by atoms with Crippen molar-refractivity contribution in [2.75, 3.05) is 0 Å². The number of rotatable bonds is 6. The molecule has 0 radical (unpaired) electrons. The summed E-state index contributed by atoms with van der Waals surface area (Å²) >= 11 is 0. The van der Waals surface area contributed by atoms with Crippen LogP contribution in [0.15, 0.2) is 352 Å². The Morgan fingerprint density at radius 1 is 0.173 bits per heavy atom. The number of fused-ring (bicyclic) bond motifs is 21. The van der Waals surface area contributed by atoms with Crippen LogP contribution in [0.2, 0.25) is 0 Å². The second-order valence-corrected chi connectivity index (χ2v) is 27.2. The largest absolute Gasteiger partial charge is 0.309 e. The zero-order valence-corrected chi connectivity index (χ0v) is 56.1. The Hall–Kier alpha value is -14.1. The summed E-state index contributed by atoms with van der Waals surface area (Å²) in [6.07, 6.45) is 0. The van der Waals surface area contributed by atoms with Gasteiger partial charge in [-0.2, -0.15) is 0 Å². The summed E-state index contributed by atoms with van der Waals surface area (Å²) in [5, 5.41) is 21.9. The fourth-order valence-electron chi connectivity index (χ4n) is 16.9. The summed E-state index contributed by atoms with van der Waals surface area (Å²) in [4.78, 5) is 21.5. The first kappa shape index (κ1) is 57.8. The molecule has 8 heteroatoms. The molecule has 0 saturated carbocycles. The zero-order chi connectivity index (χ0) is 68.1. The standard InChI is InChI=1S/C50H30N4.C46H28N4/c1-2-14-33-28-36(25-24-31(33)12-1)49-50(52-41-20-9-8-19-40(41)51-49)54-44-23-11-22-43(48(44)39-29-34-15-3-4-16-35(34)30-46(39)54)53-42-21-10-7-18-38(42)47-37-17-6-5-13-32(37)26-27-45(47)53;1-2-14-30(15-3-1)45-46(48-37-21-10-9-20-36(37)47-45)50-40-24-12-23-39(44(40)35-27-31-16-4-5-17-32(31)28-42(35)50)49-38-22-11-8-19-34(38)43-33-18-7-6-13-29(33)25-26-41(43)49/h1-30H;1-28H. The summed E-state index contributed by atoms with van der Waals surface area (Å²) in [6, 6.07) is 126. The van der Waals surface area contributed by atoms with Crippen molar-refractivity contribution in [3.05, 3.63) is 352 Å². The molecule has 0 bridgehead atoms. The van der Waals surface area contributed by atoms with Gasteiger partial charge in [0.25, 0.3) is 0 Å². The minimum absolute atomic E-state index is 0.810. The molecule has 23 rings (SSSR count). The van der Waals surface area contributed by atoms with Crippen LogP contribution < -0.4 is 0 Å². The molecule has 8 nitrogen and oxygen atoms in total. The number of hydrogen-bond donors (Lipinski definition) is 0. The first-order valence-corrected chi connectivity index (χ1v) is 35.4. The molecule has 0 fully saturated rings. The minimum atomic E-state index is 0.810. The third-order valence-electron chi connectivity index (χ3n) is 21.5. The molecule has 0 amide bonds. The fourth-order valence-corrected chi connectivity index (χ4v) is 16.9. The predicted molar refractivity (Wildman–Crippen MR) is 435 cm³/mol. The molecule has 0 unspecified atom stereocenters. The van der Waals surface area contributed by atoms with E-state index in [4.69, 9.17) is 19.9 Å². The molecule has 0 spiro atoms. The fraction of sp³-hybridized carbons (Fsp3) is 0. The average molecular weight is 1320 g/mol. The van der Waals surface area contributed by atoms with E-state index in [1.54, 1.807) is 0 Å². The Labute approximate surface area is 595 Å². The van der Waals surface area contributed by atoms with Crippen LogP contribution in [0, 0.1) is 0 Å². The van der Waals surface area contributed by atoms with Crippen molar-refractivity contribution in [1.82, 2.24) is 38.2 Å². The van der Waals surface area contributed by atoms with Gasteiger partial charge in [0.05, 0.1) is 77.6 Å². The van der Waals surface area contributed by atoms with Gasteiger partial charge in [-0.05, 0) is 157 Å². The van der Waals surface area contributed by atoms with Gasteiger partial charge >= 0.3 is 0 Å². The monoisotopic (exact) mass is 1320 g/mol. The smallest absolute Gasteiger partial charge is 0.165 e.